The van der Waals surface area contributed by atoms with Gasteiger partial charge in [-0.3, -0.25) is 9.79 Å². The second kappa shape index (κ2) is 10.4. The van der Waals surface area contributed by atoms with Gasteiger partial charge in [-0.05, 0) is 31.1 Å². The van der Waals surface area contributed by atoms with Crippen molar-refractivity contribution < 1.29 is 9.53 Å². The number of likely N-dealkylation sites (tertiary alicyclic amines) is 1. The molecule has 140 valence electrons. The summed E-state index contributed by atoms with van der Waals surface area (Å²) in [6, 6.07) is 0.299. The molecule has 2 N–H and O–H groups in total. The van der Waals surface area contributed by atoms with Gasteiger partial charge in [0.1, 0.15) is 0 Å². The number of hydrogen-bond acceptors (Lipinski definition) is 3. The molecule has 1 aliphatic carbocycles. The molecule has 1 saturated heterocycles. The average molecular weight is 452 g/mol. The lowest BCUT2D eigenvalue weighted by Gasteiger charge is -2.42. The normalized spacial score (nSPS) is 22.5. The second-order valence-corrected chi connectivity index (χ2v) is 6.85. The van der Waals surface area contributed by atoms with Crippen molar-refractivity contribution in [2.45, 2.75) is 51.5 Å². The van der Waals surface area contributed by atoms with Crippen molar-refractivity contribution in [3.63, 3.8) is 0 Å². The predicted molar refractivity (Wildman–Crippen MR) is 108 cm³/mol. The molecule has 7 heteroatoms. The molecule has 1 amide bonds. The summed E-state index contributed by atoms with van der Waals surface area (Å²) in [5.41, 5.74) is 0.369. The van der Waals surface area contributed by atoms with Gasteiger partial charge in [0.2, 0.25) is 5.91 Å². The van der Waals surface area contributed by atoms with Crippen LogP contribution < -0.4 is 10.6 Å². The van der Waals surface area contributed by atoms with Crippen LogP contribution in [0.2, 0.25) is 0 Å². The zero-order valence-corrected chi connectivity index (χ0v) is 17.6. The van der Waals surface area contributed by atoms with Gasteiger partial charge in [-0.15, -0.1) is 24.0 Å². The van der Waals surface area contributed by atoms with Gasteiger partial charge in [0.05, 0.1) is 0 Å². The highest BCUT2D eigenvalue weighted by Gasteiger charge is 2.36. The first-order valence-corrected chi connectivity index (χ1v) is 8.86. The van der Waals surface area contributed by atoms with Crippen molar-refractivity contribution in [3.8, 4) is 0 Å². The maximum atomic E-state index is 11.8. The number of rotatable bonds is 7. The Morgan fingerprint density at radius 2 is 2.17 bits per heavy atom. The summed E-state index contributed by atoms with van der Waals surface area (Å²) in [4.78, 5) is 18.0. The lowest BCUT2D eigenvalue weighted by Crippen LogP contribution is -2.50. The third-order valence-electron chi connectivity index (χ3n) is 5.29. The van der Waals surface area contributed by atoms with Crippen LogP contribution in [0.5, 0.6) is 0 Å². The first-order chi connectivity index (χ1) is 11.1. The van der Waals surface area contributed by atoms with E-state index in [0.29, 0.717) is 17.9 Å². The Bertz CT molecular complexity index is 427. The molecule has 0 aromatic carbocycles. The zero-order chi connectivity index (χ0) is 16.7. The van der Waals surface area contributed by atoms with E-state index in [2.05, 4.69) is 15.6 Å². The van der Waals surface area contributed by atoms with Gasteiger partial charge < -0.3 is 20.3 Å². The monoisotopic (exact) mass is 452 g/mol. The minimum absolute atomic E-state index is 0. The Morgan fingerprint density at radius 3 is 2.71 bits per heavy atom. The molecule has 1 aliphatic heterocycles. The fourth-order valence-corrected chi connectivity index (χ4v) is 3.50. The molecule has 1 heterocycles. The highest BCUT2D eigenvalue weighted by molar-refractivity contribution is 14.0. The van der Waals surface area contributed by atoms with Crippen molar-refractivity contribution in [2.24, 2.45) is 10.4 Å². The van der Waals surface area contributed by atoms with E-state index in [1.165, 1.54) is 19.3 Å². The smallest absolute Gasteiger partial charge is 0.222 e. The Labute approximate surface area is 163 Å². The first-order valence-electron chi connectivity index (χ1n) is 8.86. The Kier molecular flexibility index (Phi) is 9.33. The topological polar surface area (TPSA) is 66.0 Å². The summed E-state index contributed by atoms with van der Waals surface area (Å²) in [6.45, 7) is 5.31. The summed E-state index contributed by atoms with van der Waals surface area (Å²) in [7, 11) is 3.57. The quantitative estimate of drug-likeness (QED) is 0.352. The Hall–Kier alpha value is -0.570. The van der Waals surface area contributed by atoms with E-state index < -0.39 is 0 Å². The van der Waals surface area contributed by atoms with E-state index in [0.717, 1.165) is 45.0 Å². The maximum absolute atomic E-state index is 11.8. The van der Waals surface area contributed by atoms with Crippen molar-refractivity contribution in [2.75, 3.05) is 40.4 Å². The third kappa shape index (κ3) is 5.75. The highest BCUT2D eigenvalue weighted by atomic mass is 127. The lowest BCUT2D eigenvalue weighted by molar-refractivity contribution is -0.129. The molecule has 0 radical (unpaired) electrons. The minimum Gasteiger partial charge on any atom is -0.385 e. The molecule has 0 spiro atoms. The maximum Gasteiger partial charge on any atom is 0.222 e. The number of methoxy groups -OCH3 is 1. The van der Waals surface area contributed by atoms with E-state index >= 15 is 0 Å². The van der Waals surface area contributed by atoms with Crippen LogP contribution in [0, 0.1) is 5.41 Å². The number of nitrogens with zero attached hydrogens (tertiary/aromatic N) is 2. The molecule has 24 heavy (non-hydrogen) atoms. The number of carbonyl (C=O) groups excluding carboxylic acids is 1. The largest absolute Gasteiger partial charge is 0.385 e. The van der Waals surface area contributed by atoms with Crippen molar-refractivity contribution in [1.82, 2.24) is 15.5 Å². The van der Waals surface area contributed by atoms with Gasteiger partial charge in [-0.25, -0.2) is 0 Å². The van der Waals surface area contributed by atoms with Gasteiger partial charge >= 0.3 is 0 Å². The number of carbonyl (C=O) groups is 1. The van der Waals surface area contributed by atoms with Gasteiger partial charge in [0.25, 0.3) is 0 Å². The molecule has 2 aliphatic rings. The fraction of sp³-hybridized carbons (Fsp3) is 0.882. The summed E-state index contributed by atoms with van der Waals surface area (Å²) in [5.74, 6) is 1.09. The number of aliphatic imine (C=N–C) groups is 1. The summed E-state index contributed by atoms with van der Waals surface area (Å²) >= 11 is 0. The van der Waals surface area contributed by atoms with Gasteiger partial charge in [-0.2, -0.15) is 0 Å². The van der Waals surface area contributed by atoms with Crippen molar-refractivity contribution in [1.29, 1.82) is 0 Å². The molecule has 1 atom stereocenters. The molecular formula is C17H33IN4O2. The van der Waals surface area contributed by atoms with Gasteiger partial charge in [-0.1, -0.05) is 13.3 Å². The molecular weight excluding hydrogens is 419 g/mol. The summed E-state index contributed by atoms with van der Waals surface area (Å²) in [5, 5.41) is 6.95. The molecule has 6 nitrogen and oxygen atoms in total. The van der Waals surface area contributed by atoms with Crippen LogP contribution in [0.3, 0.4) is 0 Å². The molecule has 1 unspecified atom stereocenters. The predicted octanol–water partition coefficient (Wildman–Crippen LogP) is 1.99. The van der Waals surface area contributed by atoms with Crippen LogP contribution in [-0.2, 0) is 9.53 Å². The van der Waals surface area contributed by atoms with Crippen molar-refractivity contribution in [3.05, 3.63) is 0 Å². The molecule has 1 saturated carbocycles. The van der Waals surface area contributed by atoms with Crippen LogP contribution >= 0.6 is 24.0 Å². The average Bonchev–Trinajstić information content (AvgIpc) is 3.00. The molecule has 0 aromatic heterocycles. The molecule has 0 bridgehead atoms. The van der Waals surface area contributed by atoms with Gasteiger partial charge in [0, 0.05) is 52.9 Å². The summed E-state index contributed by atoms with van der Waals surface area (Å²) in [6.07, 6.45) is 6.53. The van der Waals surface area contributed by atoms with E-state index in [1.54, 1.807) is 7.11 Å². The van der Waals surface area contributed by atoms with Crippen LogP contribution in [0.1, 0.15) is 45.4 Å². The van der Waals surface area contributed by atoms with Crippen LogP contribution in [-0.4, -0.2) is 63.2 Å². The van der Waals surface area contributed by atoms with Crippen LogP contribution in [0.15, 0.2) is 4.99 Å². The second-order valence-electron chi connectivity index (χ2n) is 6.85. The summed E-state index contributed by atoms with van der Waals surface area (Å²) < 4.78 is 5.25. The first kappa shape index (κ1) is 21.5. The highest BCUT2D eigenvalue weighted by Crippen LogP contribution is 2.43. The van der Waals surface area contributed by atoms with E-state index in [9.17, 15) is 4.79 Å². The van der Waals surface area contributed by atoms with Crippen LogP contribution in [0.25, 0.3) is 0 Å². The van der Waals surface area contributed by atoms with Crippen molar-refractivity contribution >= 4 is 35.8 Å². The Morgan fingerprint density at radius 1 is 1.42 bits per heavy atom. The minimum atomic E-state index is 0. The Balaban J connectivity index is 0.00000288. The molecule has 0 aromatic rings. The van der Waals surface area contributed by atoms with E-state index in [4.69, 9.17) is 4.74 Å². The van der Waals surface area contributed by atoms with Crippen LogP contribution in [0.4, 0.5) is 0 Å². The zero-order valence-electron chi connectivity index (χ0n) is 15.3. The fourth-order valence-electron chi connectivity index (χ4n) is 3.50. The number of ether oxygens (including phenoxy) is 1. The number of halogens is 1. The standard InChI is InChI=1S/C17H32N4O2.HI/c1-4-15(22)21-10-6-14(12-21)20-16(18-2)19-13-17(7-5-8-17)9-11-23-3;/h14H,4-13H2,1-3H3,(H2,18,19,20);1H. The SMILES string of the molecule is CCC(=O)N1CCC(NC(=NC)NCC2(CCOC)CCC2)C1.I. The number of amides is 1. The van der Waals surface area contributed by atoms with Gasteiger partial charge in [0.15, 0.2) is 5.96 Å². The molecule has 2 fully saturated rings. The number of nitrogens with one attached hydrogen (secondary N) is 2. The molecule has 2 rings (SSSR count). The third-order valence-corrected chi connectivity index (χ3v) is 5.29. The number of hydrogen-bond donors (Lipinski definition) is 2. The lowest BCUT2D eigenvalue weighted by atomic mass is 9.67. The van der Waals surface area contributed by atoms with E-state index in [1.807, 2.05) is 18.9 Å². The van der Waals surface area contributed by atoms with E-state index in [-0.39, 0.29) is 29.9 Å². The number of guanidine groups is 1.